The van der Waals surface area contributed by atoms with E-state index in [2.05, 4.69) is 27.7 Å². The zero-order valence-corrected chi connectivity index (χ0v) is 11.3. The Labute approximate surface area is 104 Å². The molecular formula is C11H15N3S2. The lowest BCUT2D eigenvalue weighted by molar-refractivity contribution is 0.614. The van der Waals surface area contributed by atoms with Gasteiger partial charge in [0.25, 0.3) is 0 Å². The highest BCUT2D eigenvalue weighted by molar-refractivity contribution is 7.98. The van der Waals surface area contributed by atoms with Crippen LogP contribution in [0.1, 0.15) is 18.7 Å². The molecule has 16 heavy (non-hydrogen) atoms. The van der Waals surface area contributed by atoms with Gasteiger partial charge in [0.05, 0.1) is 5.52 Å². The molecule has 2 aromatic rings. The molecule has 2 aromatic heterocycles. The van der Waals surface area contributed by atoms with E-state index in [1.165, 1.54) is 0 Å². The molecule has 1 unspecified atom stereocenters. The lowest BCUT2D eigenvalue weighted by Gasteiger charge is -2.12. The first-order chi connectivity index (χ1) is 7.63. The molecule has 0 aliphatic heterocycles. The van der Waals surface area contributed by atoms with E-state index in [0.29, 0.717) is 6.04 Å². The van der Waals surface area contributed by atoms with Crippen molar-refractivity contribution in [1.29, 1.82) is 0 Å². The van der Waals surface area contributed by atoms with E-state index >= 15 is 0 Å². The molecule has 0 saturated heterocycles. The van der Waals surface area contributed by atoms with Gasteiger partial charge in [-0.2, -0.15) is 11.8 Å². The Hall–Kier alpha value is -0.810. The number of thioether (sulfide) groups is 1. The molecule has 0 aliphatic rings. The number of nitrogens with one attached hydrogen (secondary N) is 1. The van der Waals surface area contributed by atoms with E-state index in [-0.39, 0.29) is 0 Å². The highest BCUT2D eigenvalue weighted by atomic mass is 32.2. The molecule has 0 amide bonds. The molecule has 0 aliphatic carbocycles. The van der Waals surface area contributed by atoms with Crippen molar-refractivity contribution >= 4 is 35.1 Å². The number of pyridine rings is 1. The number of aryl methyl sites for hydroxylation is 1. The third-order valence-corrected chi connectivity index (χ3v) is 3.67. The topological polar surface area (TPSA) is 33.6 Å². The molecule has 0 fully saturated rings. The SMILES string of the molecule is CSCC(C)n1c(=S)[nH]c2ccc(C)nc21. The van der Waals surface area contributed by atoms with Crippen LogP contribution in [0.5, 0.6) is 0 Å². The Morgan fingerprint density at radius 1 is 1.56 bits per heavy atom. The van der Waals surface area contributed by atoms with Crippen molar-refractivity contribution in [2.24, 2.45) is 0 Å². The Morgan fingerprint density at radius 2 is 2.31 bits per heavy atom. The van der Waals surface area contributed by atoms with Gasteiger partial charge in [-0.15, -0.1) is 0 Å². The van der Waals surface area contributed by atoms with Crippen molar-refractivity contribution in [3.63, 3.8) is 0 Å². The maximum Gasteiger partial charge on any atom is 0.179 e. The summed E-state index contributed by atoms with van der Waals surface area (Å²) in [7, 11) is 0. The summed E-state index contributed by atoms with van der Waals surface area (Å²) < 4.78 is 2.86. The minimum Gasteiger partial charge on any atom is -0.329 e. The van der Waals surface area contributed by atoms with Gasteiger partial charge in [-0.25, -0.2) is 4.98 Å². The van der Waals surface area contributed by atoms with Crippen LogP contribution >= 0.6 is 24.0 Å². The first-order valence-corrected chi connectivity index (χ1v) is 7.00. The largest absolute Gasteiger partial charge is 0.329 e. The Kier molecular flexibility index (Phi) is 3.35. The van der Waals surface area contributed by atoms with Crippen LogP contribution in [0.2, 0.25) is 0 Å². The molecule has 0 bridgehead atoms. The zero-order chi connectivity index (χ0) is 11.7. The molecule has 0 aromatic carbocycles. The van der Waals surface area contributed by atoms with Gasteiger partial charge in [0.2, 0.25) is 0 Å². The van der Waals surface area contributed by atoms with E-state index in [1.54, 1.807) is 0 Å². The summed E-state index contributed by atoms with van der Waals surface area (Å²) in [5, 5.41) is 0. The average Bonchev–Trinajstić information content (AvgIpc) is 2.53. The second kappa shape index (κ2) is 4.59. The monoisotopic (exact) mass is 253 g/mol. The van der Waals surface area contributed by atoms with Gasteiger partial charge in [-0.05, 0) is 44.5 Å². The van der Waals surface area contributed by atoms with Crippen molar-refractivity contribution in [3.05, 3.63) is 22.6 Å². The summed E-state index contributed by atoms with van der Waals surface area (Å²) in [6.45, 7) is 4.17. The van der Waals surface area contributed by atoms with Crippen LogP contribution in [0, 0.1) is 11.7 Å². The van der Waals surface area contributed by atoms with E-state index in [1.807, 2.05) is 30.8 Å². The van der Waals surface area contributed by atoms with Crippen LogP contribution in [0.15, 0.2) is 12.1 Å². The number of aromatic amines is 1. The van der Waals surface area contributed by atoms with Crippen molar-refractivity contribution in [2.45, 2.75) is 19.9 Å². The fourth-order valence-corrected chi connectivity index (χ4v) is 2.83. The fraction of sp³-hybridized carbons (Fsp3) is 0.455. The second-order valence-corrected chi connectivity index (χ2v) is 5.23. The van der Waals surface area contributed by atoms with Gasteiger partial charge in [-0.1, -0.05) is 0 Å². The van der Waals surface area contributed by atoms with E-state index < -0.39 is 0 Å². The van der Waals surface area contributed by atoms with Crippen LogP contribution in [0.4, 0.5) is 0 Å². The van der Waals surface area contributed by atoms with Gasteiger partial charge in [-0.3, -0.25) is 4.57 Å². The molecule has 1 N–H and O–H groups in total. The maximum absolute atomic E-state index is 5.34. The first-order valence-electron chi connectivity index (χ1n) is 5.20. The zero-order valence-electron chi connectivity index (χ0n) is 9.65. The summed E-state index contributed by atoms with van der Waals surface area (Å²) in [4.78, 5) is 7.76. The quantitative estimate of drug-likeness (QED) is 0.852. The molecule has 86 valence electrons. The van der Waals surface area contributed by atoms with Crippen LogP contribution in [0.25, 0.3) is 11.2 Å². The van der Waals surface area contributed by atoms with Crippen LogP contribution in [0.3, 0.4) is 0 Å². The number of nitrogens with zero attached hydrogens (tertiary/aromatic N) is 2. The molecule has 3 nitrogen and oxygen atoms in total. The summed E-state index contributed by atoms with van der Waals surface area (Å²) >= 11 is 7.17. The maximum atomic E-state index is 5.34. The molecular weight excluding hydrogens is 238 g/mol. The molecule has 5 heteroatoms. The third-order valence-electron chi connectivity index (χ3n) is 2.55. The number of hydrogen-bond acceptors (Lipinski definition) is 3. The van der Waals surface area contributed by atoms with Gasteiger partial charge >= 0.3 is 0 Å². The summed E-state index contributed by atoms with van der Waals surface area (Å²) in [5.74, 6) is 1.04. The standard InChI is InChI=1S/C11H15N3S2/c1-7-4-5-9-10(12-7)14(11(15)13-9)8(2)6-16-3/h4-5,8H,6H2,1-3H3,(H,13,15). The molecule has 2 rings (SSSR count). The number of fused-ring (bicyclic) bond motifs is 1. The van der Waals surface area contributed by atoms with E-state index in [0.717, 1.165) is 27.4 Å². The average molecular weight is 253 g/mol. The van der Waals surface area contributed by atoms with Crippen molar-refractivity contribution in [2.75, 3.05) is 12.0 Å². The normalized spacial score (nSPS) is 13.2. The smallest absolute Gasteiger partial charge is 0.179 e. The molecule has 0 radical (unpaired) electrons. The number of rotatable bonds is 3. The highest BCUT2D eigenvalue weighted by Crippen LogP contribution is 2.19. The first kappa shape index (κ1) is 11.7. The second-order valence-electron chi connectivity index (χ2n) is 3.93. The number of aromatic nitrogens is 3. The third kappa shape index (κ3) is 2.01. The minimum atomic E-state index is 0.366. The van der Waals surface area contributed by atoms with Crippen molar-refractivity contribution in [1.82, 2.24) is 14.5 Å². The van der Waals surface area contributed by atoms with Crippen LogP contribution in [-0.4, -0.2) is 26.5 Å². The van der Waals surface area contributed by atoms with Gasteiger partial charge in [0, 0.05) is 17.5 Å². The molecule has 1 atom stereocenters. The van der Waals surface area contributed by atoms with E-state index in [9.17, 15) is 0 Å². The Balaban J connectivity index is 2.62. The van der Waals surface area contributed by atoms with Gasteiger partial charge in [0.1, 0.15) is 0 Å². The fourth-order valence-electron chi connectivity index (χ4n) is 1.82. The van der Waals surface area contributed by atoms with Crippen molar-refractivity contribution in [3.8, 4) is 0 Å². The number of H-pyrrole nitrogens is 1. The number of imidazole rings is 1. The van der Waals surface area contributed by atoms with E-state index in [4.69, 9.17) is 12.2 Å². The molecule has 0 spiro atoms. The van der Waals surface area contributed by atoms with Crippen LogP contribution in [-0.2, 0) is 0 Å². The Morgan fingerprint density at radius 3 is 3.00 bits per heavy atom. The predicted molar refractivity (Wildman–Crippen MR) is 72.7 cm³/mol. The summed E-state index contributed by atoms with van der Waals surface area (Å²) in [5.41, 5.74) is 3.00. The summed E-state index contributed by atoms with van der Waals surface area (Å²) in [6, 6.07) is 4.40. The minimum absolute atomic E-state index is 0.366. The lowest BCUT2D eigenvalue weighted by Crippen LogP contribution is -2.08. The predicted octanol–water partition coefficient (Wildman–Crippen LogP) is 3.33. The van der Waals surface area contributed by atoms with Crippen molar-refractivity contribution < 1.29 is 0 Å². The lowest BCUT2D eigenvalue weighted by atomic mass is 10.3. The van der Waals surface area contributed by atoms with Gasteiger partial charge in [0.15, 0.2) is 10.4 Å². The molecule has 0 saturated carbocycles. The highest BCUT2D eigenvalue weighted by Gasteiger charge is 2.11. The Bertz CT molecular complexity index is 556. The molecule has 2 heterocycles. The number of hydrogen-bond donors (Lipinski definition) is 1. The van der Waals surface area contributed by atoms with Crippen LogP contribution < -0.4 is 0 Å². The van der Waals surface area contributed by atoms with Gasteiger partial charge < -0.3 is 4.98 Å². The summed E-state index contributed by atoms with van der Waals surface area (Å²) in [6.07, 6.45) is 2.10.